The molecule has 0 amide bonds. The zero-order valence-corrected chi connectivity index (χ0v) is 10.1. The molecule has 0 atom stereocenters. The van der Waals surface area contributed by atoms with E-state index in [4.69, 9.17) is 0 Å². The SMILES string of the molecule is CCc1ccc2cc3c(cc2c1)CC(=O)CC3. The van der Waals surface area contributed by atoms with Gasteiger partial charge in [-0.15, -0.1) is 0 Å². The van der Waals surface area contributed by atoms with Crippen LogP contribution in [0.1, 0.15) is 30.0 Å². The third kappa shape index (κ3) is 1.86. The first-order chi connectivity index (χ1) is 8.26. The number of fused-ring (bicyclic) bond motifs is 2. The number of hydrogen-bond acceptors (Lipinski definition) is 1. The van der Waals surface area contributed by atoms with E-state index in [2.05, 4.69) is 37.3 Å². The van der Waals surface area contributed by atoms with E-state index < -0.39 is 0 Å². The van der Waals surface area contributed by atoms with Gasteiger partial charge in [0.05, 0.1) is 0 Å². The second-order valence-electron chi connectivity index (χ2n) is 4.87. The molecule has 1 heteroatoms. The van der Waals surface area contributed by atoms with Crippen LogP contribution < -0.4 is 0 Å². The molecule has 0 aromatic heterocycles. The maximum Gasteiger partial charge on any atom is 0.137 e. The van der Waals surface area contributed by atoms with Crippen LogP contribution in [0.5, 0.6) is 0 Å². The van der Waals surface area contributed by atoms with E-state index in [0.29, 0.717) is 18.6 Å². The summed E-state index contributed by atoms with van der Waals surface area (Å²) in [7, 11) is 0. The van der Waals surface area contributed by atoms with Crippen molar-refractivity contribution >= 4 is 16.6 Å². The van der Waals surface area contributed by atoms with Gasteiger partial charge in [-0.25, -0.2) is 0 Å². The van der Waals surface area contributed by atoms with Gasteiger partial charge >= 0.3 is 0 Å². The molecule has 86 valence electrons. The van der Waals surface area contributed by atoms with Gasteiger partial charge in [-0.05, 0) is 40.3 Å². The second kappa shape index (κ2) is 3.99. The summed E-state index contributed by atoms with van der Waals surface area (Å²) in [6.45, 7) is 2.17. The number of Topliss-reactive ketones (excluding diaryl/α,β-unsaturated/α-hetero) is 1. The van der Waals surface area contributed by atoms with Gasteiger partial charge in [0.2, 0.25) is 0 Å². The minimum absolute atomic E-state index is 0.378. The van der Waals surface area contributed by atoms with Crippen LogP contribution in [0.15, 0.2) is 30.3 Å². The van der Waals surface area contributed by atoms with Crippen molar-refractivity contribution in [1.29, 1.82) is 0 Å². The van der Waals surface area contributed by atoms with Crippen molar-refractivity contribution in [3.63, 3.8) is 0 Å². The van der Waals surface area contributed by atoms with Gasteiger partial charge in [-0.2, -0.15) is 0 Å². The standard InChI is InChI=1S/C16H16O/c1-2-11-3-4-12-8-13-5-6-16(17)10-15(13)9-14(12)7-11/h3-4,7-9H,2,5-6,10H2,1H3. The molecule has 0 aliphatic heterocycles. The molecule has 0 N–H and O–H groups in total. The van der Waals surface area contributed by atoms with Crippen LogP contribution in [0.2, 0.25) is 0 Å². The first-order valence-corrected chi connectivity index (χ1v) is 6.32. The Morgan fingerprint density at radius 3 is 2.65 bits per heavy atom. The van der Waals surface area contributed by atoms with Crippen molar-refractivity contribution in [2.45, 2.75) is 32.6 Å². The largest absolute Gasteiger partial charge is 0.299 e. The zero-order valence-electron chi connectivity index (χ0n) is 10.1. The molecular formula is C16H16O. The van der Waals surface area contributed by atoms with Crippen molar-refractivity contribution in [2.24, 2.45) is 0 Å². The van der Waals surface area contributed by atoms with Crippen LogP contribution in [0.3, 0.4) is 0 Å². The summed E-state index contributed by atoms with van der Waals surface area (Å²) >= 11 is 0. The van der Waals surface area contributed by atoms with Crippen LogP contribution in [0.25, 0.3) is 10.8 Å². The second-order valence-corrected chi connectivity index (χ2v) is 4.87. The van der Waals surface area contributed by atoms with E-state index in [1.54, 1.807) is 0 Å². The van der Waals surface area contributed by atoms with Crippen LogP contribution in [0.4, 0.5) is 0 Å². The van der Waals surface area contributed by atoms with E-state index in [9.17, 15) is 4.79 Å². The Hall–Kier alpha value is -1.63. The third-order valence-electron chi connectivity index (χ3n) is 3.69. The highest BCUT2D eigenvalue weighted by Crippen LogP contribution is 2.26. The molecule has 1 aliphatic rings. The Balaban J connectivity index is 2.18. The molecule has 1 aliphatic carbocycles. The van der Waals surface area contributed by atoms with Crippen molar-refractivity contribution in [3.05, 3.63) is 47.0 Å². The normalized spacial score (nSPS) is 15.0. The molecule has 0 saturated carbocycles. The Morgan fingerprint density at radius 1 is 1.00 bits per heavy atom. The van der Waals surface area contributed by atoms with Gasteiger partial charge in [0.1, 0.15) is 5.78 Å². The Bertz CT molecular complexity index is 596. The molecule has 0 bridgehead atoms. The summed E-state index contributed by atoms with van der Waals surface area (Å²) in [6, 6.07) is 11.1. The van der Waals surface area contributed by atoms with E-state index >= 15 is 0 Å². The highest BCUT2D eigenvalue weighted by Gasteiger charge is 2.15. The molecule has 0 saturated heterocycles. The van der Waals surface area contributed by atoms with Crippen molar-refractivity contribution < 1.29 is 4.79 Å². The summed E-state index contributed by atoms with van der Waals surface area (Å²) < 4.78 is 0. The molecule has 17 heavy (non-hydrogen) atoms. The predicted octanol–water partition coefficient (Wildman–Crippen LogP) is 3.46. The molecule has 0 fully saturated rings. The summed E-state index contributed by atoms with van der Waals surface area (Å²) in [4.78, 5) is 11.5. The van der Waals surface area contributed by atoms with Gasteiger partial charge < -0.3 is 0 Å². The number of carbonyl (C=O) groups is 1. The summed E-state index contributed by atoms with van der Waals surface area (Å²) in [5, 5.41) is 2.58. The van der Waals surface area contributed by atoms with Gasteiger partial charge in [0.15, 0.2) is 0 Å². The van der Waals surface area contributed by atoms with Gasteiger partial charge in [-0.1, -0.05) is 37.3 Å². The lowest BCUT2D eigenvalue weighted by Gasteiger charge is -2.16. The van der Waals surface area contributed by atoms with Crippen molar-refractivity contribution in [1.82, 2.24) is 0 Å². The number of hydrogen-bond donors (Lipinski definition) is 0. The quantitative estimate of drug-likeness (QED) is 0.725. The molecule has 0 heterocycles. The first-order valence-electron chi connectivity index (χ1n) is 6.32. The number of ketones is 1. The Labute approximate surface area is 101 Å². The molecular weight excluding hydrogens is 208 g/mol. The van der Waals surface area contributed by atoms with E-state index in [-0.39, 0.29) is 0 Å². The average molecular weight is 224 g/mol. The average Bonchev–Trinajstić information content (AvgIpc) is 2.35. The Morgan fingerprint density at radius 2 is 1.82 bits per heavy atom. The van der Waals surface area contributed by atoms with Crippen LogP contribution in [-0.2, 0) is 24.1 Å². The number of benzene rings is 2. The maximum absolute atomic E-state index is 11.5. The molecule has 0 spiro atoms. The lowest BCUT2D eigenvalue weighted by Crippen LogP contribution is -2.12. The number of carbonyl (C=O) groups excluding carboxylic acids is 1. The van der Waals surface area contributed by atoms with E-state index in [1.807, 2.05) is 0 Å². The third-order valence-corrected chi connectivity index (χ3v) is 3.69. The van der Waals surface area contributed by atoms with E-state index in [0.717, 1.165) is 12.8 Å². The highest BCUT2D eigenvalue weighted by atomic mass is 16.1. The fourth-order valence-corrected chi connectivity index (χ4v) is 2.63. The molecule has 2 aromatic rings. The van der Waals surface area contributed by atoms with Gasteiger partial charge in [0.25, 0.3) is 0 Å². The van der Waals surface area contributed by atoms with Crippen molar-refractivity contribution in [3.8, 4) is 0 Å². The van der Waals surface area contributed by atoms with Crippen LogP contribution in [-0.4, -0.2) is 5.78 Å². The highest BCUT2D eigenvalue weighted by molar-refractivity contribution is 5.89. The fraction of sp³-hybridized carbons (Fsp3) is 0.312. The predicted molar refractivity (Wildman–Crippen MR) is 70.4 cm³/mol. The minimum Gasteiger partial charge on any atom is -0.299 e. The van der Waals surface area contributed by atoms with Crippen LogP contribution in [0, 0.1) is 0 Å². The number of aryl methyl sites for hydroxylation is 2. The van der Waals surface area contributed by atoms with Gasteiger partial charge in [-0.3, -0.25) is 4.79 Å². The minimum atomic E-state index is 0.378. The lowest BCUT2D eigenvalue weighted by molar-refractivity contribution is -0.118. The van der Waals surface area contributed by atoms with Crippen LogP contribution >= 0.6 is 0 Å². The van der Waals surface area contributed by atoms with E-state index in [1.165, 1.54) is 27.5 Å². The molecule has 3 rings (SSSR count). The molecule has 2 aromatic carbocycles. The first kappa shape index (κ1) is 10.5. The zero-order chi connectivity index (χ0) is 11.8. The molecule has 0 unspecified atom stereocenters. The maximum atomic E-state index is 11.5. The Kier molecular flexibility index (Phi) is 2.47. The topological polar surface area (TPSA) is 17.1 Å². The smallest absolute Gasteiger partial charge is 0.137 e. The lowest BCUT2D eigenvalue weighted by atomic mass is 9.88. The summed E-state index contributed by atoms with van der Waals surface area (Å²) in [5.74, 6) is 0.378. The molecule has 1 nitrogen and oxygen atoms in total. The summed E-state index contributed by atoms with van der Waals surface area (Å²) in [5.41, 5.74) is 3.96. The van der Waals surface area contributed by atoms with Gasteiger partial charge in [0, 0.05) is 12.8 Å². The summed E-state index contributed by atoms with van der Waals surface area (Å²) in [6.07, 6.45) is 3.32. The fourth-order valence-electron chi connectivity index (χ4n) is 2.63. The number of rotatable bonds is 1. The molecule has 0 radical (unpaired) electrons. The van der Waals surface area contributed by atoms with Crippen molar-refractivity contribution in [2.75, 3.05) is 0 Å². The monoisotopic (exact) mass is 224 g/mol.